The van der Waals surface area contributed by atoms with Crippen molar-refractivity contribution in [1.82, 2.24) is 4.90 Å². The molecular weight excluding hydrogens is 256 g/mol. The Labute approximate surface area is 92.3 Å². The third-order valence-corrected chi connectivity index (χ3v) is 2.02. The molecule has 0 aliphatic carbocycles. The van der Waals surface area contributed by atoms with Gasteiger partial charge in [-0.3, -0.25) is 4.79 Å². The molecule has 1 fully saturated rings. The van der Waals surface area contributed by atoms with Gasteiger partial charge >= 0.3 is 18.3 Å². The maximum atomic E-state index is 12.0. The number of alkyl halides is 6. The van der Waals surface area contributed by atoms with Crippen LogP contribution in [0.25, 0.3) is 0 Å². The highest BCUT2D eigenvalue weighted by molar-refractivity contribution is 5.81. The van der Waals surface area contributed by atoms with Crippen LogP contribution >= 0.6 is 0 Å². The largest absolute Gasteiger partial charge is 0.471 e. The fourth-order valence-electron chi connectivity index (χ4n) is 1.18. The number of halogens is 6. The van der Waals surface area contributed by atoms with Crippen molar-refractivity contribution in [3.05, 3.63) is 0 Å². The minimum Gasteiger partial charge on any atom is -0.373 e. The minimum absolute atomic E-state index is 0.0299. The van der Waals surface area contributed by atoms with Crippen LogP contribution in [0.5, 0.6) is 0 Å². The molecule has 1 heterocycles. The van der Waals surface area contributed by atoms with Crippen molar-refractivity contribution in [3.8, 4) is 0 Å². The third kappa shape index (κ3) is 5.24. The van der Waals surface area contributed by atoms with Gasteiger partial charge in [-0.15, -0.1) is 0 Å². The zero-order valence-corrected chi connectivity index (χ0v) is 8.44. The van der Waals surface area contributed by atoms with E-state index in [9.17, 15) is 31.1 Å². The molecule has 0 spiro atoms. The summed E-state index contributed by atoms with van der Waals surface area (Å²) in [6.45, 7) is -2.22. The lowest BCUT2D eigenvalue weighted by molar-refractivity contribution is -0.198. The first-order valence-electron chi connectivity index (χ1n) is 4.64. The van der Waals surface area contributed by atoms with Crippen LogP contribution in [0.4, 0.5) is 26.3 Å². The lowest BCUT2D eigenvalue weighted by Gasteiger charge is -2.24. The maximum Gasteiger partial charge on any atom is 0.471 e. The van der Waals surface area contributed by atoms with E-state index in [1.807, 2.05) is 0 Å². The average Bonchev–Trinajstić information content (AvgIpc) is 2.91. The number of amides is 1. The summed E-state index contributed by atoms with van der Waals surface area (Å²) in [6, 6.07) is 0. The van der Waals surface area contributed by atoms with E-state index >= 15 is 0 Å². The van der Waals surface area contributed by atoms with E-state index < -0.39 is 31.3 Å². The molecular formula is C8H9F6NO2. The van der Waals surface area contributed by atoms with Gasteiger partial charge in [0.25, 0.3) is 0 Å². The molecule has 3 nitrogen and oxygen atoms in total. The van der Waals surface area contributed by atoms with Crippen LogP contribution in [-0.2, 0) is 9.53 Å². The number of hydrogen-bond acceptors (Lipinski definition) is 2. The minimum atomic E-state index is -5.30. The van der Waals surface area contributed by atoms with Gasteiger partial charge in [0.05, 0.1) is 12.7 Å². The molecule has 1 aliphatic heterocycles. The fourth-order valence-corrected chi connectivity index (χ4v) is 1.18. The van der Waals surface area contributed by atoms with Crippen molar-refractivity contribution in [1.29, 1.82) is 0 Å². The molecule has 1 atom stereocenters. The molecule has 1 saturated heterocycles. The van der Waals surface area contributed by atoms with Crippen LogP contribution in [-0.4, -0.2) is 49.0 Å². The average molecular weight is 265 g/mol. The maximum absolute atomic E-state index is 12.0. The van der Waals surface area contributed by atoms with E-state index in [-0.39, 0.29) is 17.4 Å². The lowest BCUT2D eigenvalue weighted by Crippen LogP contribution is -2.46. The van der Waals surface area contributed by atoms with Crippen molar-refractivity contribution in [2.24, 2.45) is 0 Å². The number of epoxide rings is 1. The number of hydrogen-bond donors (Lipinski definition) is 0. The summed E-state index contributed by atoms with van der Waals surface area (Å²) in [5.74, 6) is -2.48. The molecule has 1 amide bonds. The second-order valence-corrected chi connectivity index (χ2v) is 3.58. The van der Waals surface area contributed by atoms with Gasteiger partial charge in [-0.05, 0) is 6.42 Å². The summed E-state index contributed by atoms with van der Waals surface area (Å²) < 4.78 is 76.7. The quantitative estimate of drug-likeness (QED) is 0.573. The Hall–Kier alpha value is -0.990. The first-order chi connectivity index (χ1) is 7.59. The van der Waals surface area contributed by atoms with Crippen LogP contribution in [0.15, 0.2) is 0 Å². The van der Waals surface area contributed by atoms with Crippen molar-refractivity contribution < 1.29 is 35.9 Å². The Morgan fingerprint density at radius 2 is 1.76 bits per heavy atom. The molecule has 17 heavy (non-hydrogen) atoms. The zero-order valence-electron chi connectivity index (χ0n) is 8.44. The topological polar surface area (TPSA) is 32.8 Å². The molecule has 0 bridgehead atoms. The van der Waals surface area contributed by atoms with Crippen LogP contribution < -0.4 is 0 Å². The monoisotopic (exact) mass is 265 g/mol. The second-order valence-electron chi connectivity index (χ2n) is 3.58. The van der Waals surface area contributed by atoms with Gasteiger partial charge in [-0.1, -0.05) is 0 Å². The Balaban J connectivity index is 2.59. The van der Waals surface area contributed by atoms with Crippen molar-refractivity contribution >= 4 is 5.91 Å². The van der Waals surface area contributed by atoms with Gasteiger partial charge in [0.2, 0.25) is 0 Å². The smallest absolute Gasteiger partial charge is 0.373 e. The van der Waals surface area contributed by atoms with Gasteiger partial charge in [0, 0.05) is 6.54 Å². The molecule has 0 radical (unpaired) electrons. The molecule has 9 heteroatoms. The predicted molar refractivity (Wildman–Crippen MR) is 43.0 cm³/mol. The molecule has 0 aromatic carbocycles. The highest BCUT2D eigenvalue weighted by atomic mass is 19.4. The van der Waals surface area contributed by atoms with Gasteiger partial charge in [0.1, 0.15) is 6.54 Å². The summed E-state index contributed by atoms with van der Waals surface area (Å²) >= 11 is 0. The normalized spacial score (nSPS) is 20.2. The molecule has 100 valence electrons. The number of ether oxygens (including phenoxy) is 1. The number of nitrogens with zero attached hydrogens (tertiary/aromatic N) is 1. The van der Waals surface area contributed by atoms with E-state index in [4.69, 9.17) is 0 Å². The summed E-state index contributed by atoms with van der Waals surface area (Å²) in [5, 5.41) is 0. The van der Waals surface area contributed by atoms with E-state index in [0.29, 0.717) is 6.61 Å². The van der Waals surface area contributed by atoms with Crippen molar-refractivity contribution in [2.45, 2.75) is 24.9 Å². The number of rotatable bonds is 4. The highest BCUT2D eigenvalue weighted by Gasteiger charge is 2.46. The number of carbonyl (C=O) groups excluding carboxylic acids is 1. The highest BCUT2D eigenvalue weighted by Crippen LogP contribution is 2.24. The van der Waals surface area contributed by atoms with Crippen molar-refractivity contribution in [2.75, 3.05) is 19.7 Å². The lowest BCUT2D eigenvalue weighted by atomic mass is 10.3. The Morgan fingerprint density at radius 1 is 1.24 bits per heavy atom. The standard InChI is InChI=1S/C8H9F6NO2/c9-7(10,11)4-15(2-1-5-3-17-5)6(16)8(12,13)14/h5H,1-4H2. The summed E-state index contributed by atoms with van der Waals surface area (Å²) in [6.07, 6.45) is -10.5. The van der Waals surface area contributed by atoms with Gasteiger partial charge in [0.15, 0.2) is 0 Å². The molecule has 1 unspecified atom stereocenters. The first-order valence-corrected chi connectivity index (χ1v) is 4.64. The van der Waals surface area contributed by atoms with E-state index in [0.717, 1.165) is 0 Å². The fraction of sp³-hybridized carbons (Fsp3) is 0.875. The Bertz CT molecular complexity index is 283. The van der Waals surface area contributed by atoms with Gasteiger partial charge in [-0.2, -0.15) is 26.3 Å². The van der Waals surface area contributed by atoms with Crippen LogP contribution in [0.1, 0.15) is 6.42 Å². The Kier molecular flexibility index (Phi) is 3.90. The third-order valence-electron chi connectivity index (χ3n) is 2.02. The summed E-state index contributed by atoms with van der Waals surface area (Å²) in [4.78, 5) is 10.5. The predicted octanol–water partition coefficient (Wildman–Crippen LogP) is 1.73. The van der Waals surface area contributed by atoms with Gasteiger partial charge < -0.3 is 9.64 Å². The van der Waals surface area contributed by atoms with Gasteiger partial charge in [-0.25, -0.2) is 0 Å². The molecule has 1 rings (SSSR count). The Morgan fingerprint density at radius 3 is 2.12 bits per heavy atom. The first kappa shape index (κ1) is 14.1. The number of carbonyl (C=O) groups is 1. The van der Waals surface area contributed by atoms with E-state index in [1.54, 1.807) is 0 Å². The molecule has 0 saturated carbocycles. The zero-order chi connectivity index (χ0) is 13.3. The van der Waals surface area contributed by atoms with Crippen molar-refractivity contribution in [3.63, 3.8) is 0 Å². The molecule has 0 aromatic rings. The summed E-state index contributed by atoms with van der Waals surface area (Å²) in [7, 11) is 0. The van der Waals surface area contributed by atoms with Crippen LogP contribution in [0.3, 0.4) is 0 Å². The SMILES string of the molecule is O=C(N(CCC1CO1)CC(F)(F)F)C(F)(F)F. The molecule has 0 aromatic heterocycles. The molecule has 1 aliphatic rings. The van der Waals surface area contributed by atoms with E-state index in [2.05, 4.69) is 4.74 Å². The van der Waals surface area contributed by atoms with Crippen LogP contribution in [0, 0.1) is 0 Å². The van der Waals surface area contributed by atoms with Crippen LogP contribution in [0.2, 0.25) is 0 Å². The molecule has 0 N–H and O–H groups in total. The van der Waals surface area contributed by atoms with E-state index in [1.165, 1.54) is 0 Å². The second kappa shape index (κ2) is 4.71. The summed E-state index contributed by atoms with van der Waals surface area (Å²) in [5.41, 5.74) is 0.